The van der Waals surface area contributed by atoms with Crippen LogP contribution in [-0.2, 0) is 11.3 Å². The van der Waals surface area contributed by atoms with Crippen LogP contribution in [0.25, 0.3) is 0 Å². The van der Waals surface area contributed by atoms with Crippen molar-refractivity contribution in [2.24, 2.45) is 0 Å². The first-order valence-corrected chi connectivity index (χ1v) is 6.76. The molecule has 1 amide bonds. The summed E-state index contributed by atoms with van der Waals surface area (Å²) in [5.41, 5.74) is 2.25. The molecule has 0 fully saturated rings. The lowest BCUT2D eigenvalue weighted by Gasteiger charge is -2.11. The number of aromatic nitrogens is 1. The second kappa shape index (κ2) is 6.98. The van der Waals surface area contributed by atoms with Crippen molar-refractivity contribution >= 4 is 11.6 Å². The third kappa shape index (κ3) is 4.00. The highest BCUT2D eigenvalue weighted by molar-refractivity contribution is 5.91. The number of carbonyl (C=O) groups is 1. The summed E-state index contributed by atoms with van der Waals surface area (Å²) < 4.78 is 30.9. The van der Waals surface area contributed by atoms with Crippen molar-refractivity contribution in [3.8, 4) is 5.75 Å². The second-order valence-electron chi connectivity index (χ2n) is 4.83. The Morgan fingerprint density at radius 3 is 2.68 bits per heavy atom. The SMILES string of the molecule is Cc1ccc[n+](CC(=O)Nc2ccccc2OC(F)F)c1C. The first-order chi connectivity index (χ1) is 10.5. The van der Waals surface area contributed by atoms with Gasteiger partial charge in [0.25, 0.3) is 5.91 Å². The van der Waals surface area contributed by atoms with Gasteiger partial charge in [-0.2, -0.15) is 13.3 Å². The monoisotopic (exact) mass is 307 g/mol. The van der Waals surface area contributed by atoms with Gasteiger partial charge in [-0.15, -0.1) is 0 Å². The fourth-order valence-corrected chi connectivity index (χ4v) is 2.03. The lowest BCUT2D eigenvalue weighted by Crippen LogP contribution is -2.43. The summed E-state index contributed by atoms with van der Waals surface area (Å²) in [6.07, 6.45) is 1.80. The predicted molar refractivity (Wildman–Crippen MR) is 77.8 cm³/mol. The van der Waals surface area contributed by atoms with Crippen LogP contribution in [0.15, 0.2) is 42.6 Å². The highest BCUT2D eigenvalue weighted by Crippen LogP contribution is 2.25. The largest absolute Gasteiger partial charge is 0.433 e. The van der Waals surface area contributed by atoms with Gasteiger partial charge in [-0.1, -0.05) is 12.1 Å². The summed E-state index contributed by atoms with van der Waals surface area (Å²) >= 11 is 0. The molecule has 0 aliphatic heterocycles. The Hall–Kier alpha value is -2.50. The third-order valence-corrected chi connectivity index (χ3v) is 3.30. The van der Waals surface area contributed by atoms with Crippen molar-refractivity contribution < 1.29 is 22.9 Å². The second-order valence-corrected chi connectivity index (χ2v) is 4.83. The van der Waals surface area contributed by atoms with E-state index in [0.717, 1.165) is 11.3 Å². The Morgan fingerprint density at radius 1 is 1.23 bits per heavy atom. The predicted octanol–water partition coefficient (Wildman–Crippen LogP) is 2.83. The van der Waals surface area contributed by atoms with Crippen molar-refractivity contribution in [2.75, 3.05) is 5.32 Å². The molecule has 0 saturated heterocycles. The molecule has 0 saturated carbocycles. The van der Waals surface area contributed by atoms with Gasteiger partial charge in [0.2, 0.25) is 6.54 Å². The molecule has 2 aromatic rings. The highest BCUT2D eigenvalue weighted by atomic mass is 19.3. The standard InChI is InChI=1S/C16H16F2N2O2/c1-11-6-5-9-20(12(11)2)10-15(21)19-13-7-3-4-8-14(13)22-16(17)18/h3-9,16H,10H2,1-2H3/p+1. The minimum Gasteiger partial charge on any atom is -0.433 e. The van der Waals surface area contributed by atoms with Gasteiger partial charge in [0.1, 0.15) is 5.75 Å². The number of nitrogens with one attached hydrogen (secondary N) is 1. The topological polar surface area (TPSA) is 42.2 Å². The van der Waals surface area contributed by atoms with E-state index >= 15 is 0 Å². The number of rotatable bonds is 5. The number of ether oxygens (including phenoxy) is 1. The molecule has 116 valence electrons. The minimum atomic E-state index is -2.94. The fraction of sp³-hybridized carbons (Fsp3) is 0.250. The van der Waals surface area contributed by atoms with E-state index in [0.29, 0.717) is 0 Å². The van der Waals surface area contributed by atoms with Gasteiger partial charge >= 0.3 is 6.61 Å². The van der Waals surface area contributed by atoms with Gasteiger partial charge in [-0.25, -0.2) is 0 Å². The van der Waals surface area contributed by atoms with Crippen LogP contribution >= 0.6 is 0 Å². The summed E-state index contributed by atoms with van der Waals surface area (Å²) in [5.74, 6) is -0.374. The Labute approximate surface area is 127 Å². The molecule has 1 N–H and O–H groups in total. The van der Waals surface area contributed by atoms with E-state index in [1.165, 1.54) is 12.1 Å². The van der Waals surface area contributed by atoms with Crippen molar-refractivity contribution in [1.29, 1.82) is 0 Å². The summed E-state index contributed by atoms with van der Waals surface area (Å²) in [5, 5.41) is 2.59. The molecule has 0 aliphatic rings. The Kier molecular flexibility index (Phi) is 5.04. The smallest absolute Gasteiger partial charge is 0.387 e. The number of nitrogens with zero attached hydrogens (tertiary/aromatic N) is 1. The third-order valence-electron chi connectivity index (χ3n) is 3.30. The van der Waals surface area contributed by atoms with E-state index in [9.17, 15) is 13.6 Å². The Morgan fingerprint density at radius 2 is 1.95 bits per heavy atom. The summed E-state index contributed by atoms with van der Waals surface area (Å²) in [4.78, 5) is 12.1. The number of alkyl halides is 2. The van der Waals surface area contributed by atoms with E-state index in [1.807, 2.05) is 26.0 Å². The molecule has 6 heteroatoms. The molecule has 0 aliphatic carbocycles. The first-order valence-electron chi connectivity index (χ1n) is 6.76. The van der Waals surface area contributed by atoms with E-state index in [2.05, 4.69) is 10.1 Å². The fourth-order valence-electron chi connectivity index (χ4n) is 2.03. The van der Waals surface area contributed by atoms with Crippen molar-refractivity contribution in [1.82, 2.24) is 0 Å². The van der Waals surface area contributed by atoms with Gasteiger partial charge in [-0.3, -0.25) is 4.79 Å². The number of carbonyl (C=O) groups excluding carboxylic acids is 1. The molecule has 2 rings (SSSR count). The van der Waals surface area contributed by atoms with E-state index in [-0.39, 0.29) is 23.9 Å². The molecule has 1 aromatic heterocycles. The van der Waals surface area contributed by atoms with Gasteiger partial charge < -0.3 is 10.1 Å². The average Bonchev–Trinajstić information content (AvgIpc) is 2.45. The molecular formula is C16H17F2N2O2+. The number of amides is 1. The van der Waals surface area contributed by atoms with E-state index in [4.69, 9.17) is 0 Å². The number of pyridine rings is 1. The van der Waals surface area contributed by atoms with Crippen LogP contribution in [-0.4, -0.2) is 12.5 Å². The Bertz CT molecular complexity index is 675. The highest BCUT2D eigenvalue weighted by Gasteiger charge is 2.16. The molecular weight excluding hydrogens is 290 g/mol. The lowest BCUT2D eigenvalue weighted by atomic mass is 10.2. The molecule has 0 radical (unpaired) electrons. The molecule has 1 heterocycles. The number of anilines is 1. The summed E-state index contributed by atoms with van der Waals surface area (Å²) in [7, 11) is 0. The van der Waals surface area contributed by atoms with Gasteiger partial charge in [0, 0.05) is 18.6 Å². The first kappa shape index (κ1) is 15.9. The maximum Gasteiger partial charge on any atom is 0.387 e. The molecule has 0 unspecified atom stereocenters. The molecule has 0 atom stereocenters. The minimum absolute atomic E-state index is 0.0585. The van der Waals surface area contributed by atoms with E-state index < -0.39 is 6.61 Å². The zero-order valence-corrected chi connectivity index (χ0v) is 12.3. The van der Waals surface area contributed by atoms with Gasteiger partial charge in [-0.05, 0) is 25.1 Å². The Balaban J connectivity index is 2.11. The number of hydrogen-bond donors (Lipinski definition) is 1. The van der Waals surface area contributed by atoms with Crippen molar-refractivity contribution in [3.63, 3.8) is 0 Å². The van der Waals surface area contributed by atoms with Crippen LogP contribution < -0.4 is 14.6 Å². The molecule has 0 spiro atoms. The normalized spacial score (nSPS) is 10.6. The number of para-hydroxylation sites is 2. The number of aryl methyl sites for hydroxylation is 1. The van der Waals surface area contributed by atoms with Crippen LogP contribution in [0, 0.1) is 13.8 Å². The molecule has 1 aromatic carbocycles. The van der Waals surface area contributed by atoms with Crippen LogP contribution in [0.1, 0.15) is 11.3 Å². The van der Waals surface area contributed by atoms with Crippen LogP contribution in [0.4, 0.5) is 14.5 Å². The zero-order chi connectivity index (χ0) is 16.1. The van der Waals surface area contributed by atoms with Gasteiger partial charge in [0.15, 0.2) is 11.9 Å². The summed E-state index contributed by atoms with van der Waals surface area (Å²) in [6.45, 7) is 1.02. The average molecular weight is 307 g/mol. The zero-order valence-electron chi connectivity index (χ0n) is 12.3. The lowest BCUT2D eigenvalue weighted by molar-refractivity contribution is -0.690. The quantitative estimate of drug-likeness (QED) is 0.863. The van der Waals surface area contributed by atoms with Crippen LogP contribution in [0.5, 0.6) is 5.75 Å². The van der Waals surface area contributed by atoms with Crippen LogP contribution in [0.3, 0.4) is 0 Å². The summed E-state index contributed by atoms with van der Waals surface area (Å²) in [6, 6.07) is 9.90. The maximum absolute atomic E-state index is 12.3. The molecule has 4 nitrogen and oxygen atoms in total. The van der Waals surface area contributed by atoms with Gasteiger partial charge in [0.05, 0.1) is 5.69 Å². The van der Waals surface area contributed by atoms with Crippen molar-refractivity contribution in [3.05, 3.63) is 53.9 Å². The molecule has 0 bridgehead atoms. The van der Waals surface area contributed by atoms with E-state index in [1.54, 1.807) is 22.9 Å². The van der Waals surface area contributed by atoms with Crippen molar-refractivity contribution in [2.45, 2.75) is 27.0 Å². The number of halogens is 2. The number of benzene rings is 1. The maximum atomic E-state index is 12.3. The number of hydrogen-bond acceptors (Lipinski definition) is 2. The van der Waals surface area contributed by atoms with Crippen LogP contribution in [0.2, 0.25) is 0 Å². The molecule has 22 heavy (non-hydrogen) atoms.